The summed E-state index contributed by atoms with van der Waals surface area (Å²) in [5.74, 6) is 0. The third-order valence-electron chi connectivity index (χ3n) is 0. The van der Waals surface area contributed by atoms with Crippen LogP contribution in [0.3, 0.4) is 0 Å². The molecule has 0 aromatic rings. The number of hydrogen-bond acceptors (Lipinski definition) is 5. The van der Waals surface area contributed by atoms with Crippen LogP contribution in [-0.2, 0) is 4.57 Å². The average molecular weight is 218 g/mol. The molecule has 0 saturated heterocycles. The van der Waals surface area contributed by atoms with Crippen molar-refractivity contribution in [2.45, 2.75) is 0 Å². The van der Waals surface area contributed by atoms with Crippen LogP contribution in [0.15, 0.2) is 0 Å². The van der Waals surface area contributed by atoms with Crippen molar-refractivity contribution in [1.29, 1.82) is 0 Å². The van der Waals surface area contributed by atoms with E-state index < -0.39 is 7.82 Å². The standard InChI is InChI=1S/Al.Ca.K.H3O4P.H2O/c;;;1-5(2,3)4;/h;;;(H3,1,2,3,4);1H2/q+3;+2;+1;;/p-4. The summed E-state index contributed by atoms with van der Waals surface area (Å²) in [5, 5.41) is 0. The van der Waals surface area contributed by atoms with Gasteiger partial charge < -0.3 is 24.7 Å². The molecule has 0 spiro atoms. The van der Waals surface area contributed by atoms with Gasteiger partial charge in [0.15, 0.2) is 0 Å². The summed E-state index contributed by atoms with van der Waals surface area (Å²) in [5.41, 5.74) is 0. The van der Waals surface area contributed by atoms with Gasteiger partial charge in [0.2, 0.25) is 0 Å². The van der Waals surface area contributed by atoms with Crippen LogP contribution in [0.2, 0.25) is 0 Å². The molecule has 0 aliphatic carbocycles. The topological polar surface area (TPSA) is 116 Å². The van der Waals surface area contributed by atoms with Crippen LogP contribution in [0.5, 0.6) is 0 Å². The van der Waals surface area contributed by atoms with Crippen molar-refractivity contribution in [3.05, 3.63) is 0 Å². The number of hydrogen-bond donors (Lipinski definition) is 0. The second-order valence-electron chi connectivity index (χ2n) is 0.447. The molecule has 0 aromatic heterocycles. The zero-order valence-electron chi connectivity index (χ0n) is 4.81. The smallest absolute Gasteiger partial charge is 0.870 e. The molecule has 0 atom stereocenters. The molecule has 1 N–H and O–H groups in total. The van der Waals surface area contributed by atoms with Gasteiger partial charge in [0, 0.05) is 0 Å². The third-order valence-corrected chi connectivity index (χ3v) is 0. The predicted octanol–water partition coefficient (Wildman–Crippen LogP) is -6.76. The maximum atomic E-state index is 8.55. The van der Waals surface area contributed by atoms with Gasteiger partial charge in [-0.25, -0.2) is 0 Å². The molecule has 9 heteroatoms. The van der Waals surface area contributed by atoms with E-state index >= 15 is 0 Å². The fraction of sp³-hybridized carbons (Fsp3) is 0. The van der Waals surface area contributed by atoms with Gasteiger partial charge in [-0.3, -0.25) is 0 Å². The monoisotopic (exact) mass is 218 g/mol. The maximum Gasteiger partial charge on any atom is 3.00 e. The normalized spacial score (nSPS) is 6.56. The molecular weight excluding hydrogens is 217 g/mol. The number of phosphoric acid groups is 1. The van der Waals surface area contributed by atoms with Gasteiger partial charge in [-0.2, -0.15) is 7.82 Å². The summed E-state index contributed by atoms with van der Waals surface area (Å²) in [7, 11) is -5.39. The minimum Gasteiger partial charge on any atom is -0.870 e. The Morgan fingerprint density at radius 2 is 1.11 bits per heavy atom. The van der Waals surface area contributed by atoms with Crippen molar-refractivity contribution in [3.63, 3.8) is 0 Å². The van der Waals surface area contributed by atoms with E-state index in [1.807, 2.05) is 0 Å². The fourth-order valence-corrected chi connectivity index (χ4v) is 0. The Balaban J connectivity index is -0.0000000133. The second kappa shape index (κ2) is 14.0. The van der Waals surface area contributed by atoms with Crippen LogP contribution < -0.4 is 66.1 Å². The Morgan fingerprint density at radius 3 is 1.11 bits per heavy atom. The first-order chi connectivity index (χ1) is 2.00. The van der Waals surface area contributed by atoms with E-state index in [-0.39, 0.29) is 112 Å². The van der Waals surface area contributed by atoms with Crippen molar-refractivity contribution < 1.29 is 76.1 Å². The third kappa shape index (κ3) is 84.8. The van der Waals surface area contributed by atoms with E-state index in [0.717, 1.165) is 0 Å². The van der Waals surface area contributed by atoms with E-state index in [1.54, 1.807) is 0 Å². The van der Waals surface area contributed by atoms with Gasteiger partial charge in [0.05, 0.1) is 0 Å². The van der Waals surface area contributed by atoms with Crippen molar-refractivity contribution >= 4 is 62.9 Å². The summed E-state index contributed by atoms with van der Waals surface area (Å²) in [4.78, 5) is 25.6. The van der Waals surface area contributed by atoms with Crippen LogP contribution in [0.1, 0.15) is 0 Å². The summed E-state index contributed by atoms with van der Waals surface area (Å²) in [6, 6.07) is 0. The zero-order valence-corrected chi connectivity index (χ0v) is 12.2. The average Bonchev–Trinajstić information content (AvgIpc) is 0.722. The van der Waals surface area contributed by atoms with Gasteiger partial charge in [-0.1, -0.05) is 0 Å². The van der Waals surface area contributed by atoms with Crippen molar-refractivity contribution in [1.82, 2.24) is 0 Å². The van der Waals surface area contributed by atoms with Crippen LogP contribution in [-0.4, -0.2) is 60.6 Å². The van der Waals surface area contributed by atoms with Crippen molar-refractivity contribution in [3.8, 4) is 0 Å². The quantitative estimate of drug-likeness (QED) is 0.296. The van der Waals surface area contributed by atoms with Crippen LogP contribution in [0.25, 0.3) is 0 Å². The molecule has 0 rings (SSSR count). The Kier molecular flexibility index (Phi) is 45.9. The molecular formula is HAlCaKO5P+2. The van der Waals surface area contributed by atoms with Gasteiger partial charge in [0.25, 0.3) is 0 Å². The first-order valence-electron chi connectivity index (χ1n) is 0.730. The molecule has 0 saturated carbocycles. The Labute approximate surface area is 136 Å². The fourth-order valence-electron chi connectivity index (χ4n) is 0. The number of rotatable bonds is 0. The van der Waals surface area contributed by atoms with E-state index in [2.05, 4.69) is 0 Å². The molecule has 0 aromatic carbocycles. The summed E-state index contributed by atoms with van der Waals surface area (Å²) in [6.07, 6.45) is 0. The van der Waals surface area contributed by atoms with Gasteiger partial charge >= 0.3 is 106 Å². The predicted molar refractivity (Wildman–Crippen MR) is 21.1 cm³/mol. The van der Waals surface area contributed by atoms with Crippen molar-refractivity contribution in [2.75, 3.05) is 0 Å². The first kappa shape index (κ1) is 29.4. The molecule has 40 valence electrons. The zero-order chi connectivity index (χ0) is 4.50. The molecule has 0 radical (unpaired) electrons. The minimum atomic E-state index is -5.39. The Hall–Kier alpha value is 3.50. The summed E-state index contributed by atoms with van der Waals surface area (Å²) >= 11 is 0. The van der Waals surface area contributed by atoms with Crippen LogP contribution in [0.4, 0.5) is 0 Å². The summed E-state index contributed by atoms with van der Waals surface area (Å²) in [6.45, 7) is 0. The van der Waals surface area contributed by atoms with E-state index in [1.165, 1.54) is 0 Å². The molecule has 9 heavy (non-hydrogen) atoms. The largest absolute Gasteiger partial charge is 3.00 e. The second-order valence-corrected chi connectivity index (χ2v) is 1.34. The van der Waals surface area contributed by atoms with Gasteiger partial charge in [0.1, 0.15) is 0 Å². The molecule has 0 bridgehead atoms. The van der Waals surface area contributed by atoms with E-state index in [0.29, 0.717) is 0 Å². The first-order valence-corrected chi connectivity index (χ1v) is 2.19. The Morgan fingerprint density at radius 1 is 1.11 bits per heavy atom. The van der Waals surface area contributed by atoms with Crippen LogP contribution >= 0.6 is 7.82 Å². The Bertz CT molecular complexity index is 63.1. The molecule has 0 fully saturated rings. The molecule has 0 aliphatic rings. The molecule has 0 heterocycles. The molecule has 0 amide bonds. The SMILES string of the molecule is O=P([O-])([O-])[O-].[Al+3].[Ca+2].[K+].[OH-]. The molecule has 5 nitrogen and oxygen atoms in total. The van der Waals surface area contributed by atoms with E-state index in [4.69, 9.17) is 19.2 Å². The maximum absolute atomic E-state index is 8.55. The molecule has 0 aliphatic heterocycles. The van der Waals surface area contributed by atoms with E-state index in [9.17, 15) is 0 Å². The van der Waals surface area contributed by atoms with Crippen LogP contribution in [0, 0.1) is 0 Å². The molecule has 0 unspecified atom stereocenters. The van der Waals surface area contributed by atoms with Gasteiger partial charge in [-0.05, 0) is 0 Å². The minimum absolute atomic E-state index is 0. The summed E-state index contributed by atoms with van der Waals surface area (Å²) < 4.78 is 8.55. The van der Waals surface area contributed by atoms with Crippen molar-refractivity contribution in [2.24, 2.45) is 0 Å². The van der Waals surface area contributed by atoms with Gasteiger partial charge in [-0.15, -0.1) is 0 Å².